The number of nitrogens with one attached hydrogen (secondary N) is 1. The maximum absolute atomic E-state index is 6.39. The highest BCUT2D eigenvalue weighted by molar-refractivity contribution is 6.15. The van der Waals surface area contributed by atoms with Gasteiger partial charge in [0.1, 0.15) is 34.3 Å². The number of fused-ring (bicyclic) bond motifs is 6. The molecular formula is C39H25N3O2. The van der Waals surface area contributed by atoms with E-state index in [0.29, 0.717) is 5.84 Å². The lowest BCUT2D eigenvalue weighted by molar-refractivity contribution is 0.662. The minimum atomic E-state index is -0.436. The van der Waals surface area contributed by atoms with Gasteiger partial charge in [0.25, 0.3) is 0 Å². The standard InChI is InChI=1S/C39H25N3O2/c1-3-11-24(12-4-1)37-40-38(25-13-5-2-6-14-25)42-39(41-37)36-27(20-22-34-35(36)29-16-8-10-18-32(29)44-34)26-19-21-33-30(23-26)28-15-7-9-17-31(28)43-33/h1-23,39H,(H,40,41,42). The molecule has 44 heavy (non-hydrogen) atoms. The Morgan fingerprint density at radius 3 is 1.91 bits per heavy atom. The molecule has 0 spiro atoms. The summed E-state index contributed by atoms with van der Waals surface area (Å²) in [5.74, 6) is 1.46. The molecule has 3 heterocycles. The molecule has 5 heteroatoms. The molecule has 9 rings (SSSR count). The summed E-state index contributed by atoms with van der Waals surface area (Å²) in [6, 6.07) is 47.4. The summed E-state index contributed by atoms with van der Waals surface area (Å²) in [6.07, 6.45) is -0.436. The highest BCUT2D eigenvalue weighted by Crippen LogP contribution is 2.42. The van der Waals surface area contributed by atoms with Crippen LogP contribution in [0.1, 0.15) is 22.9 Å². The highest BCUT2D eigenvalue weighted by atomic mass is 16.3. The second kappa shape index (κ2) is 9.82. The Hall–Kier alpha value is -5.94. The number of nitrogens with zero attached hydrogens (tertiary/aromatic N) is 2. The van der Waals surface area contributed by atoms with E-state index in [4.69, 9.17) is 18.8 Å². The van der Waals surface area contributed by atoms with Crippen molar-refractivity contribution in [2.24, 2.45) is 9.98 Å². The van der Waals surface area contributed by atoms with Crippen molar-refractivity contribution in [1.82, 2.24) is 5.32 Å². The van der Waals surface area contributed by atoms with Gasteiger partial charge in [-0.2, -0.15) is 0 Å². The van der Waals surface area contributed by atoms with Gasteiger partial charge in [0.05, 0.1) is 0 Å². The number of aliphatic imine (C=N–C) groups is 2. The van der Waals surface area contributed by atoms with Crippen LogP contribution in [0.15, 0.2) is 158 Å². The minimum absolute atomic E-state index is 0.436. The summed E-state index contributed by atoms with van der Waals surface area (Å²) in [5.41, 5.74) is 8.56. The lowest BCUT2D eigenvalue weighted by atomic mass is 9.92. The molecule has 0 aliphatic carbocycles. The van der Waals surface area contributed by atoms with E-state index in [-0.39, 0.29) is 0 Å². The topological polar surface area (TPSA) is 63.0 Å². The van der Waals surface area contributed by atoms with Crippen LogP contribution in [-0.2, 0) is 0 Å². The second-order valence-corrected chi connectivity index (χ2v) is 11.0. The Bertz CT molecular complexity index is 2420. The van der Waals surface area contributed by atoms with Crippen LogP contribution in [0, 0.1) is 0 Å². The first-order valence-electron chi connectivity index (χ1n) is 14.7. The molecule has 6 aromatic carbocycles. The normalized spacial score (nSPS) is 15.0. The zero-order valence-electron chi connectivity index (χ0n) is 23.6. The van der Waals surface area contributed by atoms with E-state index in [1.807, 2.05) is 60.7 Å². The van der Waals surface area contributed by atoms with Gasteiger partial charge in [0.2, 0.25) is 0 Å². The average molecular weight is 568 g/mol. The molecule has 1 N–H and O–H groups in total. The maximum Gasteiger partial charge on any atom is 0.159 e. The number of para-hydroxylation sites is 2. The molecule has 0 bridgehead atoms. The Kier molecular flexibility index (Phi) is 5.50. The van der Waals surface area contributed by atoms with Crippen molar-refractivity contribution in [2.75, 3.05) is 0 Å². The zero-order valence-corrected chi connectivity index (χ0v) is 23.6. The number of furan rings is 2. The number of benzene rings is 6. The lowest BCUT2D eigenvalue weighted by Gasteiger charge is -2.26. The van der Waals surface area contributed by atoms with Gasteiger partial charge >= 0.3 is 0 Å². The van der Waals surface area contributed by atoms with Gasteiger partial charge in [-0.1, -0.05) is 109 Å². The summed E-state index contributed by atoms with van der Waals surface area (Å²) in [7, 11) is 0. The van der Waals surface area contributed by atoms with E-state index in [1.165, 1.54) is 0 Å². The van der Waals surface area contributed by atoms with Crippen molar-refractivity contribution < 1.29 is 8.83 Å². The second-order valence-electron chi connectivity index (χ2n) is 11.0. The van der Waals surface area contributed by atoms with Crippen LogP contribution in [0.2, 0.25) is 0 Å². The molecule has 1 unspecified atom stereocenters. The van der Waals surface area contributed by atoms with Gasteiger partial charge < -0.3 is 14.2 Å². The Balaban J connectivity index is 1.33. The van der Waals surface area contributed by atoms with Crippen molar-refractivity contribution in [2.45, 2.75) is 6.17 Å². The predicted molar refractivity (Wildman–Crippen MR) is 178 cm³/mol. The van der Waals surface area contributed by atoms with Gasteiger partial charge in [-0.15, -0.1) is 0 Å². The summed E-state index contributed by atoms with van der Waals surface area (Å²) in [6.45, 7) is 0. The van der Waals surface area contributed by atoms with Gasteiger partial charge in [0, 0.05) is 38.2 Å². The zero-order chi connectivity index (χ0) is 29.0. The van der Waals surface area contributed by atoms with Crippen LogP contribution in [0.25, 0.3) is 55.0 Å². The van der Waals surface area contributed by atoms with Crippen LogP contribution < -0.4 is 5.32 Å². The number of hydrogen-bond donors (Lipinski definition) is 1. The fourth-order valence-electron chi connectivity index (χ4n) is 6.33. The SMILES string of the molecule is c1ccc(C2=NC(c3c(-c4ccc5oc6ccccc6c5c4)ccc4oc5ccccc5c34)NC(c3ccccc3)=N2)cc1. The molecule has 0 saturated carbocycles. The van der Waals surface area contributed by atoms with Crippen molar-refractivity contribution in [1.29, 1.82) is 0 Å². The summed E-state index contributed by atoms with van der Waals surface area (Å²) >= 11 is 0. The van der Waals surface area contributed by atoms with Crippen LogP contribution in [0.5, 0.6) is 0 Å². The molecule has 0 radical (unpaired) electrons. The molecule has 5 nitrogen and oxygen atoms in total. The number of hydrogen-bond acceptors (Lipinski definition) is 5. The monoisotopic (exact) mass is 567 g/mol. The largest absolute Gasteiger partial charge is 0.456 e. The van der Waals surface area contributed by atoms with E-state index in [9.17, 15) is 0 Å². The molecule has 0 amide bonds. The summed E-state index contributed by atoms with van der Waals surface area (Å²) in [5, 5.41) is 7.98. The minimum Gasteiger partial charge on any atom is -0.456 e. The van der Waals surface area contributed by atoms with E-state index >= 15 is 0 Å². The fraction of sp³-hybridized carbons (Fsp3) is 0.0256. The third-order valence-corrected chi connectivity index (χ3v) is 8.37. The highest BCUT2D eigenvalue weighted by Gasteiger charge is 2.27. The molecule has 0 saturated heterocycles. The summed E-state index contributed by atoms with van der Waals surface area (Å²) < 4.78 is 12.6. The fourth-order valence-corrected chi connectivity index (χ4v) is 6.33. The van der Waals surface area contributed by atoms with Gasteiger partial charge in [0.15, 0.2) is 5.84 Å². The molecule has 8 aromatic rings. The first-order valence-corrected chi connectivity index (χ1v) is 14.7. The van der Waals surface area contributed by atoms with Gasteiger partial charge in [-0.3, -0.25) is 0 Å². The Labute approximate surface area is 252 Å². The molecule has 2 aromatic heterocycles. The van der Waals surface area contributed by atoms with Crippen LogP contribution in [0.3, 0.4) is 0 Å². The molecule has 208 valence electrons. The lowest BCUT2D eigenvalue weighted by Crippen LogP contribution is -2.34. The Morgan fingerprint density at radius 2 is 1.11 bits per heavy atom. The Morgan fingerprint density at radius 1 is 0.500 bits per heavy atom. The average Bonchev–Trinajstić information content (AvgIpc) is 3.66. The van der Waals surface area contributed by atoms with E-state index in [1.54, 1.807) is 0 Å². The number of rotatable bonds is 4. The third-order valence-electron chi connectivity index (χ3n) is 8.37. The smallest absolute Gasteiger partial charge is 0.159 e. The first-order chi connectivity index (χ1) is 21.8. The van der Waals surface area contributed by atoms with Crippen molar-refractivity contribution in [3.05, 3.63) is 156 Å². The molecule has 1 aliphatic heterocycles. The van der Waals surface area contributed by atoms with Crippen molar-refractivity contribution in [3.8, 4) is 11.1 Å². The molecule has 0 fully saturated rings. The van der Waals surface area contributed by atoms with Crippen LogP contribution in [0.4, 0.5) is 0 Å². The third kappa shape index (κ3) is 3.94. The van der Waals surface area contributed by atoms with Crippen molar-refractivity contribution >= 4 is 55.5 Å². The predicted octanol–water partition coefficient (Wildman–Crippen LogP) is 9.65. The van der Waals surface area contributed by atoms with E-state index < -0.39 is 6.17 Å². The van der Waals surface area contributed by atoms with Crippen LogP contribution >= 0.6 is 0 Å². The van der Waals surface area contributed by atoms with Crippen LogP contribution in [-0.4, -0.2) is 11.7 Å². The summed E-state index contributed by atoms with van der Waals surface area (Å²) in [4.78, 5) is 10.3. The maximum atomic E-state index is 6.39. The van der Waals surface area contributed by atoms with Gasteiger partial charge in [-0.25, -0.2) is 9.98 Å². The van der Waals surface area contributed by atoms with Gasteiger partial charge in [-0.05, 0) is 41.5 Å². The van der Waals surface area contributed by atoms with E-state index in [2.05, 4.69) is 84.2 Å². The molecular weight excluding hydrogens is 542 g/mol. The number of amidine groups is 2. The first kappa shape index (κ1) is 24.6. The van der Waals surface area contributed by atoms with E-state index in [0.717, 1.165) is 77.5 Å². The quantitative estimate of drug-likeness (QED) is 0.230. The molecule has 1 aliphatic rings. The molecule has 1 atom stereocenters. The van der Waals surface area contributed by atoms with Crippen molar-refractivity contribution in [3.63, 3.8) is 0 Å².